The van der Waals surface area contributed by atoms with Gasteiger partial charge in [0.15, 0.2) is 0 Å². The number of para-hydroxylation sites is 1. The van der Waals surface area contributed by atoms with E-state index in [1.165, 1.54) is 7.11 Å². The van der Waals surface area contributed by atoms with Crippen molar-refractivity contribution >= 4 is 28.9 Å². The van der Waals surface area contributed by atoms with Crippen molar-refractivity contribution in [3.63, 3.8) is 0 Å². The fourth-order valence-electron chi connectivity index (χ4n) is 1.93. The van der Waals surface area contributed by atoms with Crippen LogP contribution in [-0.4, -0.2) is 19.0 Å². The maximum atomic E-state index is 12.0. The number of amides is 1. The predicted octanol–water partition coefficient (Wildman–Crippen LogP) is 3.03. The molecule has 1 amide bonds. The molecule has 0 unspecified atom stereocenters. The Morgan fingerprint density at radius 1 is 1.24 bits per heavy atom. The number of nitrogens with one attached hydrogen (secondary N) is 1. The minimum Gasteiger partial charge on any atom is -0.469 e. The first-order valence-electron chi connectivity index (χ1n) is 6.64. The van der Waals surface area contributed by atoms with Gasteiger partial charge in [-0.2, -0.15) is 11.3 Å². The predicted molar refractivity (Wildman–Crippen MR) is 83.4 cm³/mol. The summed E-state index contributed by atoms with van der Waals surface area (Å²) >= 11 is 1.62. The molecule has 1 aromatic heterocycles. The van der Waals surface area contributed by atoms with Crippen molar-refractivity contribution in [2.45, 2.75) is 19.3 Å². The van der Waals surface area contributed by atoms with E-state index in [0.29, 0.717) is 18.5 Å². The smallest absolute Gasteiger partial charge is 0.310 e. The Kier molecular flexibility index (Phi) is 5.51. The van der Waals surface area contributed by atoms with Gasteiger partial charge in [0.05, 0.1) is 13.5 Å². The van der Waals surface area contributed by atoms with Crippen LogP contribution in [0.15, 0.2) is 41.1 Å². The van der Waals surface area contributed by atoms with E-state index in [1.54, 1.807) is 17.4 Å². The summed E-state index contributed by atoms with van der Waals surface area (Å²) < 4.78 is 4.66. The van der Waals surface area contributed by atoms with Crippen molar-refractivity contribution in [3.05, 3.63) is 52.2 Å². The maximum Gasteiger partial charge on any atom is 0.310 e. The molecule has 0 atom stereocenters. The summed E-state index contributed by atoms with van der Waals surface area (Å²) in [7, 11) is 1.35. The third-order valence-electron chi connectivity index (χ3n) is 3.07. The summed E-state index contributed by atoms with van der Waals surface area (Å²) in [6.07, 6.45) is 1.29. The average molecular weight is 303 g/mol. The number of carbonyl (C=O) groups excluding carboxylic acids is 2. The molecule has 0 aliphatic carbocycles. The first kappa shape index (κ1) is 15.3. The highest BCUT2D eigenvalue weighted by molar-refractivity contribution is 7.07. The number of carbonyl (C=O) groups is 2. The number of thiophene rings is 1. The van der Waals surface area contributed by atoms with Crippen LogP contribution in [0.3, 0.4) is 0 Å². The molecule has 110 valence electrons. The molecule has 21 heavy (non-hydrogen) atoms. The zero-order valence-corrected chi connectivity index (χ0v) is 12.6. The van der Waals surface area contributed by atoms with Gasteiger partial charge in [-0.05, 0) is 40.4 Å². The van der Waals surface area contributed by atoms with Crippen molar-refractivity contribution in [3.8, 4) is 0 Å². The van der Waals surface area contributed by atoms with E-state index in [-0.39, 0.29) is 18.3 Å². The van der Waals surface area contributed by atoms with Gasteiger partial charge in [-0.15, -0.1) is 0 Å². The number of anilines is 1. The summed E-state index contributed by atoms with van der Waals surface area (Å²) in [4.78, 5) is 23.4. The minimum atomic E-state index is -0.324. The number of esters is 1. The molecule has 2 aromatic rings. The van der Waals surface area contributed by atoms with Gasteiger partial charge >= 0.3 is 5.97 Å². The summed E-state index contributed by atoms with van der Waals surface area (Å²) in [5.41, 5.74) is 2.59. The minimum absolute atomic E-state index is 0.0569. The molecule has 1 heterocycles. The Hall–Kier alpha value is -2.14. The SMILES string of the molecule is COC(=O)Cc1ccccc1NC(=O)CCc1ccsc1. The van der Waals surface area contributed by atoms with Gasteiger partial charge < -0.3 is 10.1 Å². The van der Waals surface area contributed by atoms with E-state index >= 15 is 0 Å². The van der Waals surface area contributed by atoms with Gasteiger partial charge in [0.2, 0.25) is 5.91 Å². The van der Waals surface area contributed by atoms with Gasteiger partial charge in [-0.25, -0.2) is 0 Å². The monoisotopic (exact) mass is 303 g/mol. The zero-order valence-electron chi connectivity index (χ0n) is 11.8. The van der Waals surface area contributed by atoms with Crippen LogP contribution >= 0.6 is 11.3 Å². The lowest BCUT2D eigenvalue weighted by atomic mass is 10.1. The molecule has 0 aliphatic heterocycles. The third-order valence-corrected chi connectivity index (χ3v) is 3.81. The zero-order chi connectivity index (χ0) is 15.1. The highest BCUT2D eigenvalue weighted by atomic mass is 32.1. The second-order valence-electron chi connectivity index (χ2n) is 4.59. The molecule has 0 bridgehead atoms. The molecular formula is C16H17NO3S. The van der Waals surface area contributed by atoms with E-state index in [4.69, 9.17) is 0 Å². The first-order valence-corrected chi connectivity index (χ1v) is 7.59. The molecular weight excluding hydrogens is 286 g/mol. The number of hydrogen-bond donors (Lipinski definition) is 1. The Morgan fingerprint density at radius 3 is 2.76 bits per heavy atom. The average Bonchev–Trinajstić information content (AvgIpc) is 3.00. The number of ether oxygens (including phenoxy) is 1. The Balaban J connectivity index is 1.95. The molecule has 5 heteroatoms. The van der Waals surface area contributed by atoms with E-state index in [2.05, 4.69) is 10.1 Å². The van der Waals surface area contributed by atoms with Gasteiger partial charge in [0.1, 0.15) is 0 Å². The molecule has 0 spiro atoms. The summed E-state index contributed by atoms with van der Waals surface area (Å²) in [6.45, 7) is 0. The normalized spacial score (nSPS) is 10.1. The van der Waals surface area contributed by atoms with Crippen molar-refractivity contribution < 1.29 is 14.3 Å². The largest absolute Gasteiger partial charge is 0.469 e. The Bertz CT molecular complexity index is 608. The van der Waals surface area contributed by atoms with Crippen LogP contribution in [0.2, 0.25) is 0 Å². The van der Waals surface area contributed by atoms with Crippen LogP contribution in [0.5, 0.6) is 0 Å². The molecule has 0 saturated carbocycles. The molecule has 4 nitrogen and oxygen atoms in total. The van der Waals surface area contributed by atoms with Crippen LogP contribution < -0.4 is 5.32 Å². The van der Waals surface area contributed by atoms with Gasteiger partial charge in [0, 0.05) is 12.1 Å². The fourth-order valence-corrected chi connectivity index (χ4v) is 2.63. The molecule has 0 fully saturated rings. The lowest BCUT2D eigenvalue weighted by molar-refractivity contribution is -0.139. The quantitative estimate of drug-likeness (QED) is 0.835. The van der Waals surface area contributed by atoms with E-state index in [9.17, 15) is 9.59 Å². The molecule has 1 aromatic carbocycles. The maximum absolute atomic E-state index is 12.0. The summed E-state index contributed by atoms with van der Waals surface area (Å²) in [6, 6.07) is 9.28. The summed E-state index contributed by atoms with van der Waals surface area (Å²) in [5.74, 6) is -0.381. The number of methoxy groups -OCH3 is 1. The number of benzene rings is 1. The Labute approximate surface area is 127 Å². The standard InChI is InChI=1S/C16H17NO3S/c1-20-16(19)10-13-4-2-3-5-14(13)17-15(18)7-6-12-8-9-21-11-12/h2-5,8-9,11H,6-7,10H2,1H3,(H,17,18). The first-order chi connectivity index (χ1) is 10.2. The Morgan fingerprint density at radius 2 is 2.05 bits per heavy atom. The second kappa shape index (κ2) is 7.59. The number of hydrogen-bond acceptors (Lipinski definition) is 4. The molecule has 0 saturated heterocycles. The van der Waals surface area contributed by atoms with Crippen LogP contribution in [-0.2, 0) is 27.2 Å². The van der Waals surface area contributed by atoms with Crippen molar-refractivity contribution in [2.24, 2.45) is 0 Å². The van der Waals surface area contributed by atoms with Crippen LogP contribution in [0, 0.1) is 0 Å². The fraction of sp³-hybridized carbons (Fsp3) is 0.250. The van der Waals surface area contributed by atoms with Gasteiger partial charge in [-0.1, -0.05) is 18.2 Å². The second-order valence-corrected chi connectivity index (χ2v) is 5.37. The van der Waals surface area contributed by atoms with Crippen LogP contribution in [0.4, 0.5) is 5.69 Å². The molecule has 0 radical (unpaired) electrons. The van der Waals surface area contributed by atoms with Gasteiger partial charge in [0.25, 0.3) is 0 Å². The highest BCUT2D eigenvalue weighted by Crippen LogP contribution is 2.17. The molecule has 1 N–H and O–H groups in total. The topological polar surface area (TPSA) is 55.4 Å². The van der Waals surface area contributed by atoms with Crippen molar-refractivity contribution in [1.29, 1.82) is 0 Å². The molecule has 0 aliphatic rings. The van der Waals surface area contributed by atoms with Crippen LogP contribution in [0.25, 0.3) is 0 Å². The highest BCUT2D eigenvalue weighted by Gasteiger charge is 2.10. The lowest BCUT2D eigenvalue weighted by Crippen LogP contribution is -2.15. The van der Waals surface area contributed by atoms with E-state index < -0.39 is 0 Å². The van der Waals surface area contributed by atoms with Crippen LogP contribution in [0.1, 0.15) is 17.5 Å². The lowest BCUT2D eigenvalue weighted by Gasteiger charge is -2.10. The van der Waals surface area contributed by atoms with Crippen molar-refractivity contribution in [1.82, 2.24) is 0 Å². The number of aryl methyl sites for hydroxylation is 1. The van der Waals surface area contributed by atoms with E-state index in [0.717, 1.165) is 11.1 Å². The van der Waals surface area contributed by atoms with Gasteiger partial charge in [-0.3, -0.25) is 9.59 Å². The number of rotatable bonds is 6. The third kappa shape index (κ3) is 4.72. The summed E-state index contributed by atoms with van der Waals surface area (Å²) in [5, 5.41) is 6.90. The van der Waals surface area contributed by atoms with Crippen molar-refractivity contribution in [2.75, 3.05) is 12.4 Å². The van der Waals surface area contributed by atoms with E-state index in [1.807, 2.05) is 35.0 Å². The molecule has 2 rings (SSSR count).